The molecule has 10 heavy (non-hydrogen) atoms. The predicted molar refractivity (Wildman–Crippen MR) is 26.2 cm³/mol. The zero-order valence-electron chi connectivity index (χ0n) is 5.05. The van der Waals surface area contributed by atoms with Gasteiger partial charge in [0.15, 0.2) is 6.20 Å². The highest BCUT2D eigenvalue weighted by atomic mass is 19.4. The highest BCUT2D eigenvalue weighted by Gasteiger charge is 2.46. The van der Waals surface area contributed by atoms with Gasteiger partial charge in [-0.25, -0.2) is 0 Å². The number of hydrogen-bond acceptors (Lipinski definition) is 3. The number of hydrogen-bond donors (Lipinski definition) is 0. The summed E-state index contributed by atoms with van der Waals surface area (Å²) in [6.07, 6.45) is -3.62. The lowest BCUT2D eigenvalue weighted by Crippen LogP contribution is -2.26. The fourth-order valence-electron chi connectivity index (χ4n) is 0.471. The van der Waals surface area contributed by atoms with Crippen molar-refractivity contribution in [3.8, 4) is 0 Å². The molecule has 0 aliphatic carbocycles. The maximum atomic E-state index is 11.7. The Bertz CT molecular complexity index is 192. The monoisotopic (exact) mass is 151 g/mol. The minimum absolute atomic E-state index is 0.137. The number of halogens is 3. The van der Waals surface area contributed by atoms with Crippen LogP contribution in [0.25, 0.3) is 0 Å². The minimum Gasteiger partial charge on any atom is -0.127 e. The average Bonchev–Trinajstić information content (AvgIpc) is 2.11. The van der Waals surface area contributed by atoms with Crippen molar-refractivity contribution in [3.63, 3.8) is 0 Å². The minimum atomic E-state index is -4.44. The van der Waals surface area contributed by atoms with Crippen molar-refractivity contribution in [1.29, 1.82) is 0 Å². The van der Waals surface area contributed by atoms with E-state index in [1.807, 2.05) is 0 Å². The summed E-state index contributed by atoms with van der Waals surface area (Å²) in [5, 5.41) is 5.87. The molecule has 1 rings (SSSR count). The van der Waals surface area contributed by atoms with Crippen LogP contribution in [0.2, 0.25) is 0 Å². The van der Waals surface area contributed by atoms with Crippen LogP contribution in [0.15, 0.2) is 17.1 Å². The van der Waals surface area contributed by atoms with E-state index in [1.165, 1.54) is 6.92 Å². The van der Waals surface area contributed by atoms with Crippen LogP contribution in [0.3, 0.4) is 0 Å². The normalized spacial score (nSPS) is 18.0. The Balaban J connectivity index is 2.72. The smallest absolute Gasteiger partial charge is 0.127 e. The molecule has 1 aliphatic heterocycles. The van der Waals surface area contributed by atoms with Gasteiger partial charge in [0.05, 0.1) is 5.11 Å². The van der Waals surface area contributed by atoms with E-state index in [2.05, 4.69) is 10.3 Å². The largest absolute Gasteiger partial charge is 0.587 e. The molecule has 0 unspecified atom stereocenters. The first kappa shape index (κ1) is 7.04. The predicted octanol–water partition coefficient (Wildman–Crippen LogP) is 1.39. The summed E-state index contributed by atoms with van der Waals surface area (Å²) in [5.41, 5.74) is 0.248. The molecule has 0 fully saturated rings. The van der Waals surface area contributed by atoms with Crippen LogP contribution >= 0.6 is 0 Å². The van der Waals surface area contributed by atoms with Crippen molar-refractivity contribution in [2.75, 3.05) is 0 Å². The van der Waals surface area contributed by atoms with E-state index in [-0.39, 0.29) is 10.7 Å². The Morgan fingerprint density at radius 1 is 1.60 bits per heavy atom. The highest BCUT2D eigenvalue weighted by molar-refractivity contribution is 4.95. The number of rotatable bonds is 0. The van der Waals surface area contributed by atoms with Gasteiger partial charge in [0.1, 0.15) is 5.22 Å². The van der Waals surface area contributed by atoms with Gasteiger partial charge >= 0.3 is 6.30 Å². The number of alkyl halides is 3. The third-order valence-corrected chi connectivity index (χ3v) is 0.868. The van der Waals surface area contributed by atoms with E-state index >= 15 is 0 Å². The van der Waals surface area contributed by atoms with Gasteiger partial charge < -0.3 is 0 Å². The lowest BCUT2D eigenvalue weighted by atomic mass is 10.6. The van der Waals surface area contributed by atoms with E-state index in [0.717, 1.165) is 6.20 Å². The second-order valence-electron chi connectivity index (χ2n) is 1.77. The van der Waals surface area contributed by atoms with Crippen molar-refractivity contribution in [1.82, 2.24) is 10.1 Å². The Morgan fingerprint density at radius 3 is 2.40 bits per heavy atom. The molecule has 0 N–H and O–H groups in total. The van der Waals surface area contributed by atoms with Crippen molar-refractivity contribution in [2.45, 2.75) is 13.2 Å². The Labute approximate surface area is 54.8 Å². The summed E-state index contributed by atoms with van der Waals surface area (Å²) in [7, 11) is 0. The standard InChI is InChI=1S/C4H4F3N3/c1-3-2-10(9-8-3)4(5,6)7/h2H,1H3/q+1. The third-order valence-electron chi connectivity index (χ3n) is 0.868. The Kier molecular flexibility index (Phi) is 1.38. The first-order chi connectivity index (χ1) is 4.50. The van der Waals surface area contributed by atoms with Crippen molar-refractivity contribution in [2.24, 2.45) is 5.22 Å². The van der Waals surface area contributed by atoms with Crippen molar-refractivity contribution < 1.29 is 13.2 Å². The molecule has 1 aliphatic rings. The van der Waals surface area contributed by atoms with Crippen LogP contribution in [0.1, 0.15) is 6.92 Å². The van der Waals surface area contributed by atoms with Gasteiger partial charge in [-0.1, -0.05) is 0 Å². The molecule has 6 heteroatoms. The number of nitrogens with zero attached hydrogens (tertiary/aromatic N) is 3. The van der Waals surface area contributed by atoms with Crippen LogP contribution in [0.5, 0.6) is 0 Å². The van der Waals surface area contributed by atoms with Crippen LogP contribution < -0.4 is 5.11 Å². The summed E-state index contributed by atoms with van der Waals surface area (Å²) >= 11 is 0. The summed E-state index contributed by atoms with van der Waals surface area (Å²) < 4.78 is 35.0. The van der Waals surface area contributed by atoms with Crippen LogP contribution in [0, 0.1) is 0 Å². The summed E-state index contributed by atoms with van der Waals surface area (Å²) in [6.45, 7) is 1.44. The molecule has 3 nitrogen and oxygen atoms in total. The number of allylic oxidation sites excluding steroid dienone is 1. The molecule has 0 spiro atoms. The lowest BCUT2D eigenvalue weighted by Gasteiger charge is -2.02. The molecule has 0 atom stereocenters. The third kappa shape index (κ3) is 1.26. The molecule has 0 saturated carbocycles. The fourth-order valence-corrected chi connectivity index (χ4v) is 0.471. The van der Waals surface area contributed by atoms with E-state index in [0.29, 0.717) is 0 Å². The first-order valence-electron chi connectivity index (χ1n) is 2.46. The SMILES string of the molecule is CC1=CN(C(F)(F)F)N=[N+]1. The molecule has 1 heterocycles. The van der Waals surface area contributed by atoms with Gasteiger partial charge in [-0.15, -0.1) is 13.2 Å². The summed E-state index contributed by atoms with van der Waals surface area (Å²) in [4.78, 5) is 0. The molecule has 55 valence electrons. The van der Waals surface area contributed by atoms with Gasteiger partial charge in [-0.3, -0.25) is 0 Å². The lowest BCUT2D eigenvalue weighted by molar-refractivity contribution is -0.228. The van der Waals surface area contributed by atoms with E-state index in [4.69, 9.17) is 0 Å². The Hall–Kier alpha value is -1.07. The van der Waals surface area contributed by atoms with E-state index in [1.54, 1.807) is 0 Å². The van der Waals surface area contributed by atoms with Gasteiger partial charge in [0, 0.05) is 6.92 Å². The second-order valence-corrected chi connectivity index (χ2v) is 1.77. The first-order valence-corrected chi connectivity index (χ1v) is 2.46. The van der Waals surface area contributed by atoms with Crippen LogP contribution in [-0.2, 0) is 0 Å². The second kappa shape index (κ2) is 1.96. The maximum absolute atomic E-state index is 11.7. The van der Waals surface area contributed by atoms with E-state index in [9.17, 15) is 13.2 Å². The quantitative estimate of drug-likeness (QED) is 0.481. The molecule has 0 aromatic heterocycles. The van der Waals surface area contributed by atoms with Crippen LogP contribution in [-0.4, -0.2) is 11.3 Å². The molecular formula is C4H4F3N3+. The molecule has 0 aromatic carbocycles. The Morgan fingerprint density at radius 2 is 2.20 bits per heavy atom. The van der Waals surface area contributed by atoms with E-state index < -0.39 is 6.30 Å². The zero-order valence-corrected chi connectivity index (χ0v) is 5.05. The molecule has 0 aromatic rings. The summed E-state index contributed by atoms with van der Waals surface area (Å²) in [6, 6.07) is 0. The maximum Gasteiger partial charge on any atom is 0.587 e. The average molecular weight is 151 g/mol. The fraction of sp³-hybridized carbons (Fsp3) is 0.500. The van der Waals surface area contributed by atoms with Gasteiger partial charge in [-0.2, -0.15) is 0 Å². The highest BCUT2D eigenvalue weighted by Crippen LogP contribution is 2.24. The molecule has 0 bridgehead atoms. The molecule has 0 saturated heterocycles. The topological polar surface area (TPSA) is 29.7 Å². The molecular weight excluding hydrogens is 147 g/mol. The van der Waals surface area contributed by atoms with Crippen molar-refractivity contribution >= 4 is 0 Å². The van der Waals surface area contributed by atoms with Gasteiger partial charge in [0.25, 0.3) is 0 Å². The van der Waals surface area contributed by atoms with Gasteiger partial charge in [0.2, 0.25) is 5.70 Å². The molecule has 0 amide bonds. The van der Waals surface area contributed by atoms with Crippen molar-refractivity contribution in [3.05, 3.63) is 11.9 Å². The summed E-state index contributed by atoms with van der Waals surface area (Å²) in [5.74, 6) is 0. The van der Waals surface area contributed by atoms with Crippen LogP contribution in [0.4, 0.5) is 13.2 Å². The molecule has 1 radical (unpaired) electrons. The van der Waals surface area contributed by atoms with Gasteiger partial charge in [-0.05, 0) is 5.01 Å². The zero-order chi connectivity index (χ0) is 7.78.